The van der Waals surface area contributed by atoms with Crippen molar-refractivity contribution in [1.29, 1.82) is 0 Å². The first-order valence-electron chi connectivity index (χ1n) is 8.24. The Kier molecular flexibility index (Phi) is 5.48. The standard InChI is InChI=1S/C18H23N3O2S/c1-13-4-3-5-16(20-13)6-8-19-18(22)21-10-14(2)23-17(11-21)15-7-9-24-12-15/h3-5,7,9,12,14,17H,6,8,10-11H2,1-2H3,(H,19,22)/t14-,17+/m0/s1. The number of ether oxygens (including phenoxy) is 1. The molecule has 2 aromatic heterocycles. The molecule has 3 heterocycles. The number of hydrogen-bond acceptors (Lipinski definition) is 4. The summed E-state index contributed by atoms with van der Waals surface area (Å²) in [6.07, 6.45) is 0.735. The number of nitrogens with one attached hydrogen (secondary N) is 1. The highest BCUT2D eigenvalue weighted by atomic mass is 32.1. The van der Waals surface area contributed by atoms with Crippen LogP contribution in [-0.4, -0.2) is 41.7 Å². The molecule has 2 atom stereocenters. The average Bonchev–Trinajstić information content (AvgIpc) is 3.09. The fraction of sp³-hybridized carbons (Fsp3) is 0.444. The summed E-state index contributed by atoms with van der Waals surface area (Å²) in [6.45, 7) is 5.78. The van der Waals surface area contributed by atoms with Gasteiger partial charge in [-0.2, -0.15) is 11.3 Å². The highest BCUT2D eigenvalue weighted by molar-refractivity contribution is 7.07. The van der Waals surface area contributed by atoms with E-state index in [1.807, 2.05) is 42.3 Å². The Morgan fingerprint density at radius 2 is 2.29 bits per heavy atom. The Hall–Kier alpha value is -1.92. The molecule has 1 saturated heterocycles. The van der Waals surface area contributed by atoms with Crippen molar-refractivity contribution in [3.05, 3.63) is 52.0 Å². The van der Waals surface area contributed by atoms with Gasteiger partial charge in [0.05, 0.1) is 12.6 Å². The van der Waals surface area contributed by atoms with Gasteiger partial charge in [0.15, 0.2) is 0 Å². The number of morpholine rings is 1. The van der Waals surface area contributed by atoms with Crippen LogP contribution in [0.15, 0.2) is 35.0 Å². The van der Waals surface area contributed by atoms with Crippen LogP contribution in [-0.2, 0) is 11.2 Å². The number of thiophene rings is 1. The summed E-state index contributed by atoms with van der Waals surface area (Å²) < 4.78 is 5.97. The highest BCUT2D eigenvalue weighted by Gasteiger charge is 2.29. The average molecular weight is 345 g/mol. The highest BCUT2D eigenvalue weighted by Crippen LogP contribution is 2.26. The van der Waals surface area contributed by atoms with Gasteiger partial charge in [-0.05, 0) is 48.4 Å². The lowest BCUT2D eigenvalue weighted by Crippen LogP contribution is -2.50. The predicted molar refractivity (Wildman–Crippen MR) is 95.3 cm³/mol. The minimum Gasteiger partial charge on any atom is -0.367 e. The van der Waals surface area contributed by atoms with Crippen LogP contribution < -0.4 is 5.32 Å². The minimum atomic E-state index is -0.0378. The summed E-state index contributed by atoms with van der Waals surface area (Å²) in [5.74, 6) is 0. The van der Waals surface area contributed by atoms with Crippen molar-refractivity contribution in [2.24, 2.45) is 0 Å². The van der Waals surface area contributed by atoms with Crippen molar-refractivity contribution in [1.82, 2.24) is 15.2 Å². The van der Waals surface area contributed by atoms with E-state index in [1.165, 1.54) is 0 Å². The van der Waals surface area contributed by atoms with Crippen LogP contribution in [0.3, 0.4) is 0 Å². The molecule has 2 aromatic rings. The zero-order valence-corrected chi connectivity index (χ0v) is 14.9. The number of carbonyl (C=O) groups is 1. The van der Waals surface area contributed by atoms with Crippen molar-refractivity contribution in [2.45, 2.75) is 32.5 Å². The number of aryl methyl sites for hydroxylation is 1. The molecular formula is C18H23N3O2S. The van der Waals surface area contributed by atoms with Gasteiger partial charge >= 0.3 is 6.03 Å². The SMILES string of the molecule is Cc1cccc(CCNC(=O)N2C[C@H](C)O[C@@H](c3ccsc3)C2)n1. The maximum atomic E-state index is 12.5. The van der Waals surface area contributed by atoms with Crippen molar-refractivity contribution in [3.63, 3.8) is 0 Å². The molecule has 0 bridgehead atoms. The second-order valence-corrected chi connectivity index (χ2v) is 6.93. The van der Waals surface area contributed by atoms with E-state index in [1.54, 1.807) is 11.3 Å². The third kappa shape index (κ3) is 4.33. The van der Waals surface area contributed by atoms with E-state index < -0.39 is 0 Å². The summed E-state index contributed by atoms with van der Waals surface area (Å²) in [6, 6.07) is 7.99. The maximum Gasteiger partial charge on any atom is 0.317 e. The van der Waals surface area contributed by atoms with Crippen molar-refractivity contribution in [3.8, 4) is 0 Å². The summed E-state index contributed by atoms with van der Waals surface area (Å²) in [7, 11) is 0. The molecule has 2 amide bonds. The molecule has 1 aliphatic heterocycles. The molecule has 5 nitrogen and oxygen atoms in total. The first-order valence-corrected chi connectivity index (χ1v) is 9.19. The van der Waals surface area contributed by atoms with Crippen LogP contribution in [0.5, 0.6) is 0 Å². The first kappa shape index (κ1) is 16.9. The zero-order chi connectivity index (χ0) is 16.9. The van der Waals surface area contributed by atoms with Gasteiger partial charge in [-0.3, -0.25) is 4.98 Å². The third-order valence-corrected chi connectivity index (χ3v) is 4.77. The Morgan fingerprint density at radius 3 is 3.04 bits per heavy atom. The van der Waals surface area contributed by atoms with Crippen LogP contribution in [0.4, 0.5) is 4.79 Å². The molecule has 3 rings (SSSR count). The summed E-state index contributed by atoms with van der Waals surface area (Å²) >= 11 is 1.65. The molecule has 0 saturated carbocycles. The van der Waals surface area contributed by atoms with Crippen LogP contribution in [0.2, 0.25) is 0 Å². The molecule has 0 aliphatic carbocycles. The van der Waals surface area contributed by atoms with Gasteiger partial charge in [0.25, 0.3) is 0 Å². The Labute approximate surface area is 146 Å². The normalized spacial score (nSPS) is 20.8. The molecule has 0 spiro atoms. The van der Waals surface area contributed by atoms with E-state index in [-0.39, 0.29) is 18.2 Å². The zero-order valence-electron chi connectivity index (χ0n) is 14.1. The maximum absolute atomic E-state index is 12.5. The number of amides is 2. The number of hydrogen-bond donors (Lipinski definition) is 1. The molecule has 0 unspecified atom stereocenters. The summed E-state index contributed by atoms with van der Waals surface area (Å²) in [4.78, 5) is 18.8. The van der Waals surface area contributed by atoms with E-state index in [0.717, 1.165) is 23.4 Å². The second-order valence-electron chi connectivity index (χ2n) is 6.15. The summed E-state index contributed by atoms with van der Waals surface area (Å²) in [5, 5.41) is 7.13. The van der Waals surface area contributed by atoms with Crippen LogP contribution in [0, 0.1) is 6.92 Å². The Bertz CT molecular complexity index is 675. The molecule has 0 radical (unpaired) electrons. The molecule has 0 aromatic carbocycles. The molecule has 24 heavy (non-hydrogen) atoms. The number of urea groups is 1. The van der Waals surface area contributed by atoms with E-state index in [4.69, 9.17) is 4.74 Å². The van der Waals surface area contributed by atoms with Crippen molar-refractivity contribution in [2.75, 3.05) is 19.6 Å². The van der Waals surface area contributed by atoms with Crippen molar-refractivity contribution < 1.29 is 9.53 Å². The van der Waals surface area contributed by atoms with Gasteiger partial charge in [-0.25, -0.2) is 4.79 Å². The molecule has 128 valence electrons. The van der Waals surface area contributed by atoms with Gasteiger partial charge in [-0.15, -0.1) is 0 Å². The quantitative estimate of drug-likeness (QED) is 0.926. The van der Waals surface area contributed by atoms with Gasteiger partial charge in [0, 0.05) is 30.9 Å². The predicted octanol–water partition coefficient (Wildman–Crippen LogP) is 3.17. The van der Waals surface area contributed by atoms with Gasteiger partial charge < -0.3 is 15.0 Å². The molecule has 1 aliphatic rings. The summed E-state index contributed by atoms with van der Waals surface area (Å²) in [5.41, 5.74) is 3.15. The molecular weight excluding hydrogens is 322 g/mol. The van der Waals surface area contributed by atoms with Gasteiger partial charge in [-0.1, -0.05) is 6.07 Å². The van der Waals surface area contributed by atoms with Crippen molar-refractivity contribution >= 4 is 17.4 Å². The number of rotatable bonds is 4. The number of pyridine rings is 1. The lowest BCUT2D eigenvalue weighted by Gasteiger charge is -2.36. The van der Waals surface area contributed by atoms with Crippen LogP contribution in [0.1, 0.15) is 30.0 Å². The fourth-order valence-electron chi connectivity index (χ4n) is 2.91. The fourth-order valence-corrected chi connectivity index (χ4v) is 3.61. The third-order valence-electron chi connectivity index (χ3n) is 4.07. The van der Waals surface area contributed by atoms with E-state index in [2.05, 4.69) is 21.7 Å². The lowest BCUT2D eigenvalue weighted by atomic mass is 10.1. The monoisotopic (exact) mass is 345 g/mol. The molecule has 1 N–H and O–H groups in total. The number of aromatic nitrogens is 1. The van der Waals surface area contributed by atoms with Gasteiger partial charge in [0.1, 0.15) is 6.10 Å². The number of carbonyl (C=O) groups excluding carboxylic acids is 1. The molecule has 6 heteroatoms. The second kappa shape index (κ2) is 7.77. The topological polar surface area (TPSA) is 54.5 Å². The Morgan fingerprint density at radius 1 is 1.42 bits per heavy atom. The minimum absolute atomic E-state index is 0.0296. The smallest absolute Gasteiger partial charge is 0.317 e. The number of nitrogens with zero attached hydrogens (tertiary/aromatic N) is 2. The molecule has 1 fully saturated rings. The van der Waals surface area contributed by atoms with E-state index in [9.17, 15) is 4.79 Å². The lowest BCUT2D eigenvalue weighted by molar-refractivity contribution is -0.0654. The first-order chi connectivity index (χ1) is 11.6. The van der Waals surface area contributed by atoms with E-state index in [0.29, 0.717) is 19.6 Å². The van der Waals surface area contributed by atoms with Crippen LogP contribution >= 0.6 is 11.3 Å². The van der Waals surface area contributed by atoms with Gasteiger partial charge in [0.2, 0.25) is 0 Å². The Balaban J connectivity index is 1.52. The largest absolute Gasteiger partial charge is 0.367 e. The van der Waals surface area contributed by atoms with E-state index >= 15 is 0 Å². The van der Waals surface area contributed by atoms with Crippen LogP contribution in [0.25, 0.3) is 0 Å².